The van der Waals surface area contributed by atoms with Crippen molar-refractivity contribution in [2.75, 3.05) is 16.8 Å². The second kappa shape index (κ2) is 8.78. The van der Waals surface area contributed by atoms with E-state index in [9.17, 15) is 19.5 Å². The molecule has 2 aliphatic rings. The van der Waals surface area contributed by atoms with Gasteiger partial charge in [-0.1, -0.05) is 25.3 Å². The largest absolute Gasteiger partial charge is 0.480 e. The number of nitrogens with one attached hydrogen (secondary N) is 2. The zero-order valence-electron chi connectivity index (χ0n) is 15.3. The van der Waals surface area contributed by atoms with Gasteiger partial charge in [0.2, 0.25) is 5.91 Å². The summed E-state index contributed by atoms with van der Waals surface area (Å²) in [6, 6.07) is 6.71. The predicted molar refractivity (Wildman–Crippen MR) is 106 cm³/mol. The number of carbonyl (C=O) groups excluding carboxylic acids is 2. The number of carboxylic acid groups (broad SMARTS) is 1. The van der Waals surface area contributed by atoms with Crippen molar-refractivity contribution in [3.05, 3.63) is 29.8 Å². The van der Waals surface area contributed by atoms with Gasteiger partial charge >= 0.3 is 5.97 Å². The van der Waals surface area contributed by atoms with E-state index in [1.807, 2.05) is 0 Å². The molecule has 0 radical (unpaired) electrons. The summed E-state index contributed by atoms with van der Waals surface area (Å²) in [5.41, 5.74) is -0.277. The van der Waals surface area contributed by atoms with Crippen LogP contribution in [-0.4, -0.2) is 39.9 Å². The number of carboxylic acids is 1. The third-order valence-electron chi connectivity index (χ3n) is 5.48. The van der Waals surface area contributed by atoms with Gasteiger partial charge in [0, 0.05) is 17.2 Å². The third-order valence-corrected chi connectivity index (χ3v) is 6.46. The molecule has 0 bridgehead atoms. The Hall–Kier alpha value is -2.02. The van der Waals surface area contributed by atoms with Crippen molar-refractivity contribution in [1.29, 1.82) is 0 Å². The van der Waals surface area contributed by atoms with E-state index in [1.54, 1.807) is 36.0 Å². The first kappa shape index (κ1) is 19.7. The molecule has 2 fully saturated rings. The lowest BCUT2D eigenvalue weighted by molar-refractivity contribution is -0.144. The zero-order valence-corrected chi connectivity index (χ0v) is 16.1. The molecular formula is C20H26N2O4S. The van der Waals surface area contributed by atoms with Gasteiger partial charge in [0.25, 0.3) is 5.91 Å². The third kappa shape index (κ3) is 4.83. The fourth-order valence-electron chi connectivity index (χ4n) is 3.75. The van der Waals surface area contributed by atoms with E-state index in [1.165, 1.54) is 6.42 Å². The van der Waals surface area contributed by atoms with Gasteiger partial charge in [-0.05, 0) is 55.4 Å². The van der Waals surface area contributed by atoms with Crippen LogP contribution in [0.1, 0.15) is 55.3 Å². The molecule has 1 aromatic rings. The highest BCUT2D eigenvalue weighted by molar-refractivity contribution is 7.99. The van der Waals surface area contributed by atoms with Crippen molar-refractivity contribution in [2.45, 2.75) is 50.5 Å². The summed E-state index contributed by atoms with van der Waals surface area (Å²) in [5, 5.41) is 15.3. The quantitative estimate of drug-likeness (QED) is 0.717. The van der Waals surface area contributed by atoms with Crippen molar-refractivity contribution in [2.24, 2.45) is 5.92 Å². The van der Waals surface area contributed by atoms with Crippen LogP contribution < -0.4 is 10.6 Å². The highest BCUT2D eigenvalue weighted by atomic mass is 32.2. The predicted octanol–water partition coefficient (Wildman–Crippen LogP) is 3.29. The Morgan fingerprint density at radius 1 is 1.07 bits per heavy atom. The molecule has 1 aromatic carbocycles. The van der Waals surface area contributed by atoms with E-state index in [2.05, 4.69) is 10.6 Å². The molecule has 1 saturated carbocycles. The molecule has 27 heavy (non-hydrogen) atoms. The first-order valence-electron chi connectivity index (χ1n) is 9.55. The van der Waals surface area contributed by atoms with Gasteiger partial charge in [-0.15, -0.1) is 0 Å². The molecule has 0 spiro atoms. The molecule has 3 rings (SSSR count). The van der Waals surface area contributed by atoms with Gasteiger partial charge in [-0.2, -0.15) is 11.8 Å². The number of hydrogen-bond donors (Lipinski definition) is 3. The first-order chi connectivity index (χ1) is 13.0. The molecule has 146 valence electrons. The molecule has 0 unspecified atom stereocenters. The van der Waals surface area contributed by atoms with E-state index >= 15 is 0 Å². The molecule has 1 saturated heterocycles. The van der Waals surface area contributed by atoms with Crippen LogP contribution in [-0.2, 0) is 9.59 Å². The van der Waals surface area contributed by atoms with Crippen molar-refractivity contribution < 1.29 is 19.5 Å². The molecule has 7 heteroatoms. The Balaban J connectivity index is 1.67. The van der Waals surface area contributed by atoms with Crippen molar-refractivity contribution >= 4 is 35.2 Å². The number of anilines is 1. The van der Waals surface area contributed by atoms with Crippen molar-refractivity contribution in [1.82, 2.24) is 5.32 Å². The minimum absolute atomic E-state index is 0.00132. The summed E-state index contributed by atoms with van der Waals surface area (Å²) in [6.07, 6.45) is 5.99. The van der Waals surface area contributed by atoms with E-state index < -0.39 is 17.4 Å². The number of hydrogen-bond acceptors (Lipinski definition) is 4. The van der Waals surface area contributed by atoms with Crippen LogP contribution in [0.4, 0.5) is 5.69 Å². The van der Waals surface area contributed by atoms with Crippen LogP contribution >= 0.6 is 11.8 Å². The Kier molecular flexibility index (Phi) is 6.42. The molecule has 2 amide bonds. The minimum atomic E-state index is -1.20. The Morgan fingerprint density at radius 3 is 2.44 bits per heavy atom. The highest BCUT2D eigenvalue weighted by Crippen LogP contribution is 2.28. The second-order valence-corrected chi connectivity index (χ2v) is 8.58. The minimum Gasteiger partial charge on any atom is -0.480 e. The highest BCUT2D eigenvalue weighted by Gasteiger charge is 2.41. The lowest BCUT2D eigenvalue weighted by Crippen LogP contribution is -2.56. The maximum absolute atomic E-state index is 12.7. The molecule has 1 aliphatic carbocycles. The number of benzene rings is 1. The summed E-state index contributed by atoms with van der Waals surface area (Å²) >= 11 is 1.70. The normalized spacial score (nSPS) is 19.9. The average Bonchev–Trinajstić information content (AvgIpc) is 2.69. The Bertz CT molecular complexity index is 710. The molecule has 0 aromatic heterocycles. The average molecular weight is 391 g/mol. The van der Waals surface area contributed by atoms with Gasteiger partial charge in [0.15, 0.2) is 0 Å². The van der Waals surface area contributed by atoms with Gasteiger partial charge in [0.05, 0.1) is 0 Å². The summed E-state index contributed by atoms with van der Waals surface area (Å²) in [7, 11) is 0. The Labute approximate surface area is 163 Å². The smallest absolute Gasteiger partial charge is 0.329 e. The van der Waals surface area contributed by atoms with E-state index in [0.29, 0.717) is 35.6 Å². The fourth-order valence-corrected chi connectivity index (χ4v) is 4.94. The van der Waals surface area contributed by atoms with E-state index in [0.717, 1.165) is 25.7 Å². The van der Waals surface area contributed by atoms with E-state index in [4.69, 9.17) is 0 Å². The fraction of sp³-hybridized carbons (Fsp3) is 0.550. The maximum Gasteiger partial charge on any atom is 0.329 e. The monoisotopic (exact) mass is 390 g/mol. The van der Waals surface area contributed by atoms with Crippen LogP contribution in [0.25, 0.3) is 0 Å². The SMILES string of the molecule is O=C(NC1(C(=O)O)CCSCC1)c1cccc(NC(=O)C2CCCCC2)c1. The summed E-state index contributed by atoms with van der Waals surface area (Å²) < 4.78 is 0. The van der Waals surface area contributed by atoms with Crippen LogP contribution in [0.3, 0.4) is 0 Å². The summed E-state index contributed by atoms with van der Waals surface area (Å²) in [6.45, 7) is 0. The molecule has 1 heterocycles. The number of carbonyl (C=O) groups is 3. The lowest BCUT2D eigenvalue weighted by Gasteiger charge is -2.33. The van der Waals surface area contributed by atoms with Crippen molar-refractivity contribution in [3.63, 3.8) is 0 Å². The topological polar surface area (TPSA) is 95.5 Å². The van der Waals surface area contributed by atoms with Gasteiger partial charge < -0.3 is 15.7 Å². The summed E-state index contributed by atoms with van der Waals surface area (Å²) in [4.78, 5) is 36.8. The molecule has 3 N–H and O–H groups in total. The molecule has 0 atom stereocenters. The van der Waals surface area contributed by atoms with Crippen molar-refractivity contribution in [3.8, 4) is 0 Å². The Morgan fingerprint density at radius 2 is 1.78 bits per heavy atom. The standard InChI is InChI=1S/C20H26N2O4S/c23-17(14-5-2-1-3-6-14)21-16-8-4-7-15(13-16)18(24)22-20(19(25)26)9-11-27-12-10-20/h4,7-8,13-14H,1-3,5-6,9-12H2,(H,21,23)(H,22,24)(H,25,26). The number of aliphatic carboxylic acids is 1. The van der Waals surface area contributed by atoms with Gasteiger partial charge in [-0.3, -0.25) is 9.59 Å². The first-order valence-corrected chi connectivity index (χ1v) is 10.7. The molecule has 6 nitrogen and oxygen atoms in total. The maximum atomic E-state index is 12.7. The van der Waals surface area contributed by atoms with Crippen LogP contribution in [0.5, 0.6) is 0 Å². The van der Waals surface area contributed by atoms with Crippen LogP contribution in [0.15, 0.2) is 24.3 Å². The molecular weight excluding hydrogens is 364 g/mol. The van der Waals surface area contributed by atoms with E-state index in [-0.39, 0.29) is 11.8 Å². The zero-order chi connectivity index (χ0) is 19.3. The number of rotatable bonds is 5. The van der Waals surface area contributed by atoms with Gasteiger partial charge in [0.1, 0.15) is 5.54 Å². The lowest BCUT2D eigenvalue weighted by atomic mass is 9.88. The summed E-state index contributed by atoms with van der Waals surface area (Å²) in [5.74, 6) is 0.0505. The second-order valence-electron chi connectivity index (χ2n) is 7.36. The van der Waals surface area contributed by atoms with Crippen LogP contribution in [0.2, 0.25) is 0 Å². The number of thioether (sulfide) groups is 1. The van der Waals surface area contributed by atoms with Crippen LogP contribution in [0, 0.1) is 5.92 Å². The van der Waals surface area contributed by atoms with Gasteiger partial charge in [-0.25, -0.2) is 4.79 Å². The molecule has 1 aliphatic heterocycles. The number of amides is 2.